The van der Waals surface area contributed by atoms with Gasteiger partial charge in [0.2, 0.25) is 0 Å². The molecule has 0 spiro atoms. The van der Waals surface area contributed by atoms with Crippen molar-refractivity contribution < 1.29 is 13.2 Å². The summed E-state index contributed by atoms with van der Waals surface area (Å²) in [5, 5.41) is 0.0363. The number of imidazole rings is 1. The van der Waals surface area contributed by atoms with E-state index >= 15 is 0 Å². The van der Waals surface area contributed by atoms with E-state index < -0.39 is 11.7 Å². The fourth-order valence-corrected chi connectivity index (χ4v) is 2.42. The smallest absolute Gasteiger partial charge is 0.337 e. The second kappa shape index (κ2) is 5.26. The molecule has 0 saturated carbocycles. The lowest BCUT2D eigenvalue weighted by Gasteiger charge is -2.17. The summed E-state index contributed by atoms with van der Waals surface area (Å²) in [5.74, 6) is 0.0275. The van der Waals surface area contributed by atoms with Crippen LogP contribution in [0.3, 0.4) is 0 Å². The molecule has 0 aliphatic carbocycles. The molecular weight excluding hydrogens is 309 g/mol. The molecule has 2 rings (SSSR count). The number of hydrogen-bond acceptors (Lipinski definition) is 1. The molecule has 20 heavy (non-hydrogen) atoms. The molecule has 0 aliphatic heterocycles. The number of benzene rings is 1. The quantitative estimate of drug-likeness (QED) is 0.742. The maximum Gasteiger partial charge on any atom is 0.418 e. The van der Waals surface area contributed by atoms with Gasteiger partial charge < -0.3 is 4.98 Å². The normalized spacial score (nSPS) is 12.2. The van der Waals surface area contributed by atoms with Crippen LogP contribution < -0.4 is 0 Å². The molecule has 0 amide bonds. The van der Waals surface area contributed by atoms with Gasteiger partial charge in [-0.2, -0.15) is 13.2 Å². The molecule has 108 valence electrons. The number of halogens is 4. The van der Waals surface area contributed by atoms with E-state index in [1.165, 1.54) is 16.7 Å². The second-order valence-electron chi connectivity index (χ2n) is 4.67. The number of nitrogens with zero attached hydrogens (tertiary/aromatic N) is 1. The molecule has 0 unspecified atom stereocenters. The monoisotopic (exact) mass is 320 g/mol. The van der Waals surface area contributed by atoms with Crippen molar-refractivity contribution >= 4 is 23.8 Å². The number of aromatic amines is 1. The molecule has 0 bridgehead atoms. The molecule has 1 heterocycles. The Morgan fingerprint density at radius 1 is 1.30 bits per heavy atom. The van der Waals surface area contributed by atoms with E-state index in [-0.39, 0.29) is 21.4 Å². The molecular formula is C13H12ClF3N2S. The van der Waals surface area contributed by atoms with E-state index in [4.69, 9.17) is 23.8 Å². The number of alkyl halides is 3. The first-order chi connectivity index (χ1) is 9.21. The van der Waals surface area contributed by atoms with E-state index in [0.29, 0.717) is 5.69 Å². The Morgan fingerprint density at radius 2 is 1.95 bits per heavy atom. The Bertz CT molecular complexity index is 686. The van der Waals surface area contributed by atoms with Crippen molar-refractivity contribution in [3.05, 3.63) is 45.4 Å². The summed E-state index contributed by atoms with van der Waals surface area (Å²) in [4.78, 5) is 2.79. The molecule has 1 aromatic carbocycles. The largest absolute Gasteiger partial charge is 0.418 e. The standard InChI is InChI=1S/C13H12ClF3N2S/c1-7(2)11-6-18-12(20)19(11)10-4-3-8(14)5-9(10)13(15,16)17/h3-7H,1-2H3,(H,18,20). The maximum absolute atomic E-state index is 13.2. The van der Waals surface area contributed by atoms with Gasteiger partial charge in [0.15, 0.2) is 4.77 Å². The number of aromatic nitrogens is 2. The van der Waals surface area contributed by atoms with Crippen LogP contribution in [0.2, 0.25) is 5.02 Å². The summed E-state index contributed by atoms with van der Waals surface area (Å²) in [6.45, 7) is 3.77. The van der Waals surface area contributed by atoms with Gasteiger partial charge in [0, 0.05) is 16.9 Å². The molecule has 2 aromatic rings. The van der Waals surface area contributed by atoms with Gasteiger partial charge in [-0.3, -0.25) is 4.57 Å². The molecule has 0 aliphatic rings. The molecule has 1 aromatic heterocycles. The zero-order chi connectivity index (χ0) is 15.1. The third-order valence-electron chi connectivity index (χ3n) is 2.90. The van der Waals surface area contributed by atoms with Crippen LogP contribution in [0.1, 0.15) is 31.0 Å². The van der Waals surface area contributed by atoms with Crippen LogP contribution in [-0.4, -0.2) is 9.55 Å². The Labute approximate surface area is 124 Å². The van der Waals surface area contributed by atoms with E-state index in [0.717, 1.165) is 6.07 Å². The third kappa shape index (κ3) is 2.76. The van der Waals surface area contributed by atoms with Crippen molar-refractivity contribution in [2.75, 3.05) is 0 Å². The van der Waals surface area contributed by atoms with Crippen molar-refractivity contribution in [3.8, 4) is 5.69 Å². The van der Waals surface area contributed by atoms with Gasteiger partial charge in [0.1, 0.15) is 0 Å². The van der Waals surface area contributed by atoms with Gasteiger partial charge in [-0.05, 0) is 36.3 Å². The minimum absolute atomic E-state index is 0.0168. The van der Waals surface area contributed by atoms with Crippen LogP contribution in [0.15, 0.2) is 24.4 Å². The second-order valence-corrected chi connectivity index (χ2v) is 5.49. The van der Waals surface area contributed by atoms with Gasteiger partial charge in [-0.15, -0.1) is 0 Å². The van der Waals surface area contributed by atoms with Gasteiger partial charge in [0.05, 0.1) is 11.3 Å². The molecule has 7 heteroatoms. The highest BCUT2D eigenvalue weighted by molar-refractivity contribution is 7.71. The maximum atomic E-state index is 13.2. The highest BCUT2D eigenvalue weighted by atomic mass is 35.5. The fourth-order valence-electron chi connectivity index (χ4n) is 1.99. The highest BCUT2D eigenvalue weighted by Gasteiger charge is 2.35. The molecule has 1 N–H and O–H groups in total. The van der Waals surface area contributed by atoms with Gasteiger partial charge >= 0.3 is 6.18 Å². The van der Waals surface area contributed by atoms with Crippen LogP contribution in [-0.2, 0) is 6.18 Å². The Morgan fingerprint density at radius 3 is 2.50 bits per heavy atom. The van der Waals surface area contributed by atoms with Crippen LogP contribution in [0.5, 0.6) is 0 Å². The molecule has 0 radical (unpaired) electrons. The Balaban J connectivity index is 2.77. The highest BCUT2D eigenvalue weighted by Crippen LogP contribution is 2.36. The zero-order valence-electron chi connectivity index (χ0n) is 10.8. The fraction of sp³-hybridized carbons (Fsp3) is 0.308. The van der Waals surface area contributed by atoms with Crippen LogP contribution in [0, 0.1) is 4.77 Å². The number of H-pyrrole nitrogens is 1. The number of rotatable bonds is 2. The summed E-state index contributed by atoms with van der Waals surface area (Å²) in [5.41, 5.74) is -0.137. The van der Waals surface area contributed by atoms with Gasteiger partial charge in [-0.25, -0.2) is 0 Å². The number of hydrogen-bond donors (Lipinski definition) is 1. The molecule has 2 nitrogen and oxygen atoms in total. The first-order valence-electron chi connectivity index (χ1n) is 5.89. The SMILES string of the molecule is CC(C)c1c[nH]c(=S)n1-c1ccc(Cl)cc1C(F)(F)F. The van der Waals surface area contributed by atoms with E-state index in [1.54, 1.807) is 6.20 Å². The number of nitrogens with one attached hydrogen (secondary N) is 1. The lowest BCUT2D eigenvalue weighted by Crippen LogP contribution is -2.12. The summed E-state index contributed by atoms with van der Waals surface area (Å²) in [7, 11) is 0. The van der Waals surface area contributed by atoms with Crippen molar-refractivity contribution in [1.29, 1.82) is 0 Å². The Hall–Kier alpha value is -1.27. The molecule has 0 fully saturated rings. The summed E-state index contributed by atoms with van der Waals surface area (Å²) in [6.07, 6.45) is -2.87. The van der Waals surface area contributed by atoms with Crippen LogP contribution in [0.25, 0.3) is 5.69 Å². The summed E-state index contributed by atoms with van der Waals surface area (Å²) < 4.78 is 41.1. The minimum Gasteiger partial charge on any atom is -0.337 e. The van der Waals surface area contributed by atoms with Crippen molar-refractivity contribution in [1.82, 2.24) is 9.55 Å². The van der Waals surface area contributed by atoms with Crippen LogP contribution in [0.4, 0.5) is 13.2 Å². The van der Waals surface area contributed by atoms with Gasteiger partial charge in [-0.1, -0.05) is 25.4 Å². The Kier molecular flexibility index (Phi) is 3.97. The zero-order valence-corrected chi connectivity index (χ0v) is 12.3. The van der Waals surface area contributed by atoms with E-state index in [9.17, 15) is 13.2 Å². The van der Waals surface area contributed by atoms with Crippen molar-refractivity contribution in [2.24, 2.45) is 0 Å². The van der Waals surface area contributed by atoms with Crippen molar-refractivity contribution in [2.45, 2.75) is 25.9 Å². The first kappa shape index (κ1) is 15.1. The predicted molar refractivity (Wildman–Crippen MR) is 75.1 cm³/mol. The minimum atomic E-state index is -4.50. The predicted octanol–water partition coefficient (Wildman–Crippen LogP) is 5.33. The van der Waals surface area contributed by atoms with Crippen molar-refractivity contribution in [3.63, 3.8) is 0 Å². The summed E-state index contributed by atoms with van der Waals surface area (Å²) >= 11 is 10.8. The lowest BCUT2D eigenvalue weighted by molar-refractivity contribution is -0.137. The van der Waals surface area contributed by atoms with E-state index in [2.05, 4.69) is 4.98 Å². The molecule has 0 atom stereocenters. The average Bonchev–Trinajstić information content (AvgIpc) is 2.70. The van der Waals surface area contributed by atoms with Crippen LogP contribution >= 0.6 is 23.8 Å². The molecule has 0 saturated heterocycles. The third-order valence-corrected chi connectivity index (χ3v) is 3.44. The van der Waals surface area contributed by atoms with E-state index in [1.807, 2.05) is 13.8 Å². The topological polar surface area (TPSA) is 20.7 Å². The summed E-state index contributed by atoms with van der Waals surface area (Å²) in [6, 6.07) is 3.67. The van der Waals surface area contributed by atoms with Gasteiger partial charge in [0.25, 0.3) is 0 Å². The first-order valence-corrected chi connectivity index (χ1v) is 6.68. The average molecular weight is 321 g/mol. The lowest BCUT2D eigenvalue weighted by atomic mass is 10.1.